The first-order valence-corrected chi connectivity index (χ1v) is 10.5. The van der Waals surface area contributed by atoms with Gasteiger partial charge in [-0.1, -0.05) is 18.2 Å². The molecule has 2 aromatic rings. The molecular formula is C20H31Cl3N4OS. The molecule has 2 fully saturated rings. The van der Waals surface area contributed by atoms with Crippen molar-refractivity contribution >= 4 is 70.2 Å². The lowest BCUT2D eigenvalue weighted by atomic mass is 10.1. The van der Waals surface area contributed by atoms with Gasteiger partial charge in [0.1, 0.15) is 0 Å². The van der Waals surface area contributed by atoms with Gasteiger partial charge in [0.15, 0.2) is 0 Å². The fraction of sp³-hybridized carbons (Fsp3) is 0.550. The van der Waals surface area contributed by atoms with E-state index in [1.807, 2.05) is 11.0 Å². The van der Waals surface area contributed by atoms with Crippen LogP contribution < -0.4 is 5.32 Å². The maximum Gasteiger partial charge on any atom is 0.241 e. The molecule has 0 radical (unpaired) electrons. The Labute approximate surface area is 196 Å². The number of nitrogens with one attached hydrogen (secondary N) is 1. The number of likely N-dealkylation sites (tertiary alicyclic amines) is 1. The van der Waals surface area contributed by atoms with Gasteiger partial charge in [-0.25, -0.2) is 0 Å². The van der Waals surface area contributed by atoms with E-state index in [0.29, 0.717) is 12.7 Å². The van der Waals surface area contributed by atoms with E-state index >= 15 is 0 Å². The number of carbonyl (C=O) groups is 1. The Morgan fingerprint density at radius 2 is 1.79 bits per heavy atom. The number of halogens is 3. The summed E-state index contributed by atoms with van der Waals surface area (Å²) in [4.78, 5) is 19.7. The molecule has 2 aliphatic heterocycles. The van der Waals surface area contributed by atoms with Crippen LogP contribution in [0, 0.1) is 0 Å². The molecule has 29 heavy (non-hydrogen) atoms. The molecule has 1 unspecified atom stereocenters. The van der Waals surface area contributed by atoms with Gasteiger partial charge in [0.2, 0.25) is 5.91 Å². The number of hydrogen-bond acceptors (Lipinski definition) is 5. The van der Waals surface area contributed by atoms with Crippen molar-refractivity contribution < 1.29 is 4.79 Å². The van der Waals surface area contributed by atoms with Crippen LogP contribution in [0.1, 0.15) is 19.3 Å². The van der Waals surface area contributed by atoms with Crippen molar-refractivity contribution in [3.63, 3.8) is 0 Å². The zero-order valence-corrected chi connectivity index (χ0v) is 20.0. The molecule has 1 atom stereocenters. The predicted molar refractivity (Wildman–Crippen MR) is 130 cm³/mol. The molecule has 0 aliphatic carbocycles. The highest BCUT2D eigenvalue weighted by molar-refractivity contribution is 7.17. The van der Waals surface area contributed by atoms with Gasteiger partial charge in [-0.05, 0) is 38.9 Å². The lowest BCUT2D eigenvalue weighted by molar-refractivity contribution is -0.132. The highest BCUT2D eigenvalue weighted by Crippen LogP contribution is 2.29. The Morgan fingerprint density at radius 1 is 1.07 bits per heavy atom. The van der Waals surface area contributed by atoms with Gasteiger partial charge in [-0.15, -0.1) is 48.6 Å². The number of piperidine rings is 1. The van der Waals surface area contributed by atoms with Crippen LogP contribution >= 0.6 is 48.6 Å². The summed E-state index contributed by atoms with van der Waals surface area (Å²) in [5.41, 5.74) is 1.07. The number of fused-ring (bicyclic) bond motifs is 1. The Hall–Kier alpha value is -0.760. The van der Waals surface area contributed by atoms with E-state index in [2.05, 4.69) is 45.7 Å². The minimum absolute atomic E-state index is 0. The number of hydrogen-bond donors (Lipinski definition) is 1. The topological polar surface area (TPSA) is 38.8 Å². The van der Waals surface area contributed by atoms with Crippen molar-refractivity contribution in [3.05, 3.63) is 29.6 Å². The second kappa shape index (κ2) is 12.2. The summed E-state index contributed by atoms with van der Waals surface area (Å²) in [5.74, 6) is 0.205. The first-order valence-electron chi connectivity index (χ1n) is 9.64. The summed E-state index contributed by atoms with van der Waals surface area (Å²) in [6, 6.07) is 8.33. The number of nitrogens with zero attached hydrogens (tertiary/aromatic N) is 3. The Balaban J connectivity index is 0.00000140. The summed E-state index contributed by atoms with van der Waals surface area (Å²) in [6.45, 7) is 5.24. The average Bonchev–Trinajstić information content (AvgIpc) is 3.10. The molecule has 0 spiro atoms. The first-order chi connectivity index (χ1) is 12.7. The molecule has 1 N–H and O–H groups in total. The quantitative estimate of drug-likeness (QED) is 0.711. The van der Waals surface area contributed by atoms with Gasteiger partial charge in [-0.2, -0.15) is 0 Å². The van der Waals surface area contributed by atoms with Crippen LogP contribution in [0.3, 0.4) is 0 Å². The number of piperazine rings is 1. The number of anilines is 1. The van der Waals surface area contributed by atoms with Gasteiger partial charge in [-0.3, -0.25) is 14.6 Å². The van der Waals surface area contributed by atoms with Crippen LogP contribution in [-0.2, 0) is 4.79 Å². The molecule has 9 heteroatoms. The average molecular weight is 482 g/mol. The van der Waals surface area contributed by atoms with E-state index in [-0.39, 0.29) is 43.1 Å². The predicted octanol–water partition coefficient (Wildman–Crippen LogP) is 4.16. The SMILES string of the molecule is CN1CCCCC1N1CCN(C(=O)CNc2csc3ccccc23)CC1.Cl.Cl.Cl. The lowest BCUT2D eigenvalue weighted by Crippen LogP contribution is -2.57. The maximum atomic E-state index is 12.6. The van der Waals surface area contributed by atoms with Gasteiger partial charge in [0.05, 0.1) is 18.4 Å². The second-order valence-corrected chi connectivity index (χ2v) is 8.28. The van der Waals surface area contributed by atoms with E-state index in [0.717, 1.165) is 31.9 Å². The fourth-order valence-corrected chi connectivity index (χ4v) is 5.10. The smallest absolute Gasteiger partial charge is 0.241 e. The minimum atomic E-state index is 0. The third-order valence-electron chi connectivity index (χ3n) is 5.73. The van der Waals surface area contributed by atoms with Gasteiger partial charge < -0.3 is 10.2 Å². The van der Waals surface area contributed by atoms with Crippen molar-refractivity contribution in [1.82, 2.24) is 14.7 Å². The van der Waals surface area contributed by atoms with Crippen LogP contribution in [0.5, 0.6) is 0 Å². The third kappa shape index (κ3) is 6.12. The van der Waals surface area contributed by atoms with Crippen LogP contribution in [0.15, 0.2) is 29.6 Å². The molecule has 4 rings (SSSR count). The summed E-state index contributed by atoms with van der Waals surface area (Å²) in [5, 5.41) is 6.65. The molecule has 0 saturated carbocycles. The summed E-state index contributed by atoms with van der Waals surface area (Å²) < 4.78 is 1.26. The zero-order valence-electron chi connectivity index (χ0n) is 16.7. The normalized spacial score (nSPS) is 20.3. The highest BCUT2D eigenvalue weighted by atomic mass is 35.5. The molecule has 164 valence electrons. The molecule has 1 amide bonds. The summed E-state index contributed by atoms with van der Waals surface area (Å²) in [7, 11) is 2.23. The molecular weight excluding hydrogens is 451 g/mol. The van der Waals surface area contributed by atoms with E-state index in [1.54, 1.807) is 11.3 Å². The maximum absolute atomic E-state index is 12.6. The zero-order chi connectivity index (χ0) is 17.9. The number of thiophene rings is 1. The lowest BCUT2D eigenvalue weighted by Gasteiger charge is -2.44. The molecule has 2 aliphatic rings. The van der Waals surface area contributed by atoms with Crippen molar-refractivity contribution in [2.75, 3.05) is 51.6 Å². The molecule has 2 saturated heterocycles. The molecule has 3 heterocycles. The van der Waals surface area contributed by atoms with E-state index in [1.165, 1.54) is 35.9 Å². The van der Waals surface area contributed by atoms with Gasteiger partial charge in [0.25, 0.3) is 0 Å². The minimum Gasteiger partial charge on any atom is -0.375 e. The Bertz CT molecular complexity index is 767. The van der Waals surface area contributed by atoms with E-state index in [9.17, 15) is 4.79 Å². The van der Waals surface area contributed by atoms with Crippen molar-refractivity contribution in [2.45, 2.75) is 25.4 Å². The molecule has 0 bridgehead atoms. The largest absolute Gasteiger partial charge is 0.375 e. The highest BCUT2D eigenvalue weighted by Gasteiger charge is 2.29. The van der Waals surface area contributed by atoms with Crippen LogP contribution in [0.25, 0.3) is 10.1 Å². The summed E-state index contributed by atoms with van der Waals surface area (Å²) >= 11 is 1.72. The fourth-order valence-electron chi connectivity index (χ4n) is 4.19. The molecule has 5 nitrogen and oxygen atoms in total. The Morgan fingerprint density at radius 3 is 2.52 bits per heavy atom. The molecule has 1 aromatic carbocycles. The van der Waals surface area contributed by atoms with Gasteiger partial charge in [0, 0.05) is 41.6 Å². The Kier molecular flexibility index (Phi) is 11.0. The van der Waals surface area contributed by atoms with Crippen molar-refractivity contribution in [2.24, 2.45) is 0 Å². The van der Waals surface area contributed by atoms with Crippen molar-refractivity contribution in [1.29, 1.82) is 0 Å². The second-order valence-electron chi connectivity index (χ2n) is 7.37. The first kappa shape index (κ1) is 26.3. The number of benzene rings is 1. The number of rotatable bonds is 4. The van der Waals surface area contributed by atoms with E-state index < -0.39 is 0 Å². The summed E-state index contributed by atoms with van der Waals surface area (Å²) in [6.07, 6.45) is 4.47. The van der Waals surface area contributed by atoms with Crippen molar-refractivity contribution in [3.8, 4) is 0 Å². The number of carbonyl (C=O) groups excluding carboxylic acids is 1. The van der Waals surface area contributed by atoms with Crippen LogP contribution in [-0.4, -0.2) is 73.1 Å². The van der Waals surface area contributed by atoms with E-state index in [4.69, 9.17) is 0 Å². The third-order valence-corrected chi connectivity index (χ3v) is 6.69. The standard InChI is InChI=1S/C20H28N4OS.3ClH/c1-22-9-5-4-8-19(22)23-10-12-24(13-11-23)20(25)14-21-17-15-26-18-7-3-2-6-16(17)18;;;/h2-3,6-7,15,19,21H,4-5,8-14H2,1H3;3*1H. The van der Waals surface area contributed by atoms with Crippen LogP contribution in [0.2, 0.25) is 0 Å². The molecule has 1 aromatic heterocycles. The van der Waals surface area contributed by atoms with Gasteiger partial charge >= 0.3 is 0 Å². The monoisotopic (exact) mass is 480 g/mol. The number of amides is 1. The van der Waals surface area contributed by atoms with Crippen LogP contribution in [0.4, 0.5) is 5.69 Å².